The Morgan fingerprint density at radius 3 is 1.87 bits per heavy atom. The minimum absolute atomic E-state index is 0.0307. The predicted molar refractivity (Wildman–Crippen MR) is 144 cm³/mol. The van der Waals surface area contributed by atoms with Gasteiger partial charge < -0.3 is 9.47 Å². The average molecular weight is 535 g/mol. The zero-order chi connectivity index (χ0) is 27.5. The van der Waals surface area contributed by atoms with Crippen LogP contribution >= 0.6 is 0 Å². The molecule has 0 saturated heterocycles. The molecule has 6 nitrogen and oxygen atoms in total. The van der Waals surface area contributed by atoms with Gasteiger partial charge in [0.2, 0.25) is 0 Å². The van der Waals surface area contributed by atoms with E-state index in [0.717, 1.165) is 5.56 Å². The lowest BCUT2D eigenvalue weighted by molar-refractivity contribution is -0.120. The lowest BCUT2D eigenvalue weighted by atomic mass is 9.65. The molecule has 0 atom stereocenters. The first-order chi connectivity index (χ1) is 17.7. The number of rotatable bonds is 5. The van der Waals surface area contributed by atoms with E-state index in [1.165, 1.54) is 6.26 Å². The Hall–Kier alpha value is -3.19. The summed E-state index contributed by atoms with van der Waals surface area (Å²) in [5.74, 6) is 1.56. The second kappa shape index (κ2) is 9.23. The lowest BCUT2D eigenvalue weighted by Crippen LogP contribution is -2.37. The van der Waals surface area contributed by atoms with Gasteiger partial charge in [-0.1, -0.05) is 58.0 Å². The smallest absolute Gasteiger partial charge is 0.175 e. The van der Waals surface area contributed by atoms with Gasteiger partial charge in [0.1, 0.15) is 23.9 Å². The van der Waals surface area contributed by atoms with Crippen molar-refractivity contribution in [3.8, 4) is 5.75 Å². The highest BCUT2D eigenvalue weighted by Gasteiger charge is 2.47. The lowest BCUT2D eigenvalue weighted by Gasteiger charge is -2.42. The third-order valence-corrected chi connectivity index (χ3v) is 8.76. The number of sulfone groups is 1. The monoisotopic (exact) mass is 534 g/mol. The maximum atomic E-state index is 13.4. The summed E-state index contributed by atoms with van der Waals surface area (Å²) in [6.07, 6.45) is 3.30. The highest BCUT2D eigenvalue weighted by molar-refractivity contribution is 7.90. The normalized spacial score (nSPS) is 21.1. The first-order valence-electron chi connectivity index (χ1n) is 13.0. The molecule has 5 rings (SSSR count). The molecule has 0 aromatic heterocycles. The van der Waals surface area contributed by atoms with E-state index < -0.39 is 15.8 Å². The van der Waals surface area contributed by atoms with Gasteiger partial charge in [0, 0.05) is 54.6 Å². The molecular formula is C31H34O6S. The van der Waals surface area contributed by atoms with E-state index in [1.807, 2.05) is 24.3 Å². The molecule has 200 valence electrons. The van der Waals surface area contributed by atoms with Crippen LogP contribution in [0.5, 0.6) is 5.75 Å². The van der Waals surface area contributed by atoms with Crippen molar-refractivity contribution in [3.05, 3.63) is 82.3 Å². The maximum absolute atomic E-state index is 13.4. The van der Waals surface area contributed by atoms with E-state index in [9.17, 15) is 18.0 Å². The fourth-order valence-corrected chi connectivity index (χ4v) is 6.84. The number of carbonyl (C=O) groups excluding carboxylic acids is 2. The fraction of sp³-hybridized carbons (Fsp3) is 0.419. The molecule has 0 saturated carbocycles. The largest absolute Gasteiger partial charge is 0.489 e. The molecule has 0 N–H and O–H groups in total. The third kappa shape index (κ3) is 5.08. The van der Waals surface area contributed by atoms with Gasteiger partial charge in [-0.2, -0.15) is 0 Å². The number of ketones is 2. The topological polar surface area (TPSA) is 86.7 Å². The Balaban J connectivity index is 1.48. The first-order valence-corrected chi connectivity index (χ1v) is 14.8. The molecule has 0 unspecified atom stereocenters. The van der Waals surface area contributed by atoms with Gasteiger partial charge in [-0.25, -0.2) is 8.42 Å². The Morgan fingerprint density at radius 1 is 0.816 bits per heavy atom. The summed E-state index contributed by atoms with van der Waals surface area (Å²) in [6, 6.07) is 14.2. The molecule has 2 aliphatic carbocycles. The highest BCUT2D eigenvalue weighted by atomic mass is 32.2. The zero-order valence-corrected chi connectivity index (χ0v) is 23.4. The Labute approximate surface area is 224 Å². The molecule has 38 heavy (non-hydrogen) atoms. The van der Waals surface area contributed by atoms with Gasteiger partial charge in [0.15, 0.2) is 21.4 Å². The van der Waals surface area contributed by atoms with Crippen LogP contribution in [-0.2, 0) is 30.8 Å². The average Bonchev–Trinajstić information content (AvgIpc) is 2.80. The summed E-state index contributed by atoms with van der Waals surface area (Å²) in [7, 11) is -3.37. The maximum Gasteiger partial charge on any atom is 0.175 e. The molecule has 0 amide bonds. The standard InChI is InChI=1S/C31H34O6S/c1-30(2)14-22(32)28-24(16-30)37-25-17-31(3,4)15-23(33)29(25)27(28)19-10-12-21(13-11-19)36-18-20-8-6-7-9-26(20)38(5,34)35/h6-13,27H,14-18H2,1-5H3. The van der Waals surface area contributed by atoms with Crippen LogP contribution < -0.4 is 4.74 Å². The van der Waals surface area contributed by atoms with Crippen molar-refractivity contribution >= 4 is 21.4 Å². The van der Waals surface area contributed by atoms with Crippen molar-refractivity contribution < 1.29 is 27.5 Å². The van der Waals surface area contributed by atoms with Gasteiger partial charge in [0.05, 0.1) is 4.90 Å². The number of benzene rings is 2. The van der Waals surface area contributed by atoms with Crippen molar-refractivity contribution in [2.45, 2.75) is 70.8 Å². The van der Waals surface area contributed by atoms with Gasteiger partial charge in [0.25, 0.3) is 0 Å². The van der Waals surface area contributed by atoms with E-state index in [2.05, 4.69) is 27.7 Å². The van der Waals surface area contributed by atoms with Gasteiger partial charge in [-0.05, 0) is 34.6 Å². The number of carbonyl (C=O) groups is 2. The van der Waals surface area contributed by atoms with Crippen LogP contribution in [0, 0.1) is 10.8 Å². The van der Waals surface area contributed by atoms with E-state index in [1.54, 1.807) is 24.3 Å². The second-order valence-electron chi connectivity index (χ2n) is 12.3. The highest BCUT2D eigenvalue weighted by Crippen LogP contribution is 2.53. The van der Waals surface area contributed by atoms with E-state index in [-0.39, 0.29) is 33.9 Å². The quantitative estimate of drug-likeness (QED) is 0.463. The summed E-state index contributed by atoms with van der Waals surface area (Å²) < 4.78 is 36.5. The van der Waals surface area contributed by atoms with E-state index >= 15 is 0 Å². The van der Waals surface area contributed by atoms with Gasteiger partial charge >= 0.3 is 0 Å². The molecule has 0 spiro atoms. The molecule has 7 heteroatoms. The van der Waals surface area contributed by atoms with Crippen LogP contribution in [0.1, 0.15) is 70.4 Å². The number of hydrogen-bond donors (Lipinski definition) is 0. The van der Waals surface area contributed by atoms with E-state index in [4.69, 9.17) is 9.47 Å². The summed E-state index contributed by atoms with van der Waals surface area (Å²) in [6.45, 7) is 8.38. The van der Waals surface area contributed by atoms with Gasteiger partial charge in [-0.3, -0.25) is 9.59 Å². The van der Waals surface area contributed by atoms with Crippen molar-refractivity contribution in [1.29, 1.82) is 0 Å². The molecule has 1 aliphatic heterocycles. The minimum atomic E-state index is -3.37. The van der Waals surface area contributed by atoms with Crippen LogP contribution in [-0.4, -0.2) is 26.2 Å². The van der Waals surface area contributed by atoms with Crippen LogP contribution in [0.25, 0.3) is 0 Å². The van der Waals surface area contributed by atoms with Crippen LogP contribution in [0.2, 0.25) is 0 Å². The first kappa shape index (κ1) is 26.4. The van der Waals surface area contributed by atoms with Crippen molar-refractivity contribution in [1.82, 2.24) is 0 Å². The molecule has 3 aliphatic rings. The van der Waals surface area contributed by atoms with Crippen LogP contribution in [0.4, 0.5) is 0 Å². The second-order valence-corrected chi connectivity index (χ2v) is 14.3. The van der Waals surface area contributed by atoms with Crippen LogP contribution in [0.15, 0.2) is 76.1 Å². The Kier molecular flexibility index (Phi) is 6.41. The summed E-state index contributed by atoms with van der Waals surface area (Å²) in [4.78, 5) is 27.1. The fourth-order valence-electron chi connectivity index (χ4n) is 5.91. The molecule has 0 fully saturated rings. The SMILES string of the molecule is CC1(C)CC(=O)C2=C(C1)OC1=C(C(=O)CC(C)(C)C1)C2c1ccc(OCc2ccccc2S(C)(=O)=O)cc1. The summed E-state index contributed by atoms with van der Waals surface area (Å²) in [5, 5.41) is 0. The number of allylic oxidation sites excluding steroid dienone is 4. The van der Waals surface area contributed by atoms with Gasteiger partial charge in [-0.15, -0.1) is 0 Å². The zero-order valence-electron chi connectivity index (χ0n) is 22.6. The third-order valence-electron chi connectivity index (χ3n) is 7.56. The molecular weight excluding hydrogens is 500 g/mol. The van der Waals surface area contributed by atoms with Crippen molar-refractivity contribution in [2.75, 3.05) is 6.26 Å². The summed E-state index contributed by atoms with van der Waals surface area (Å²) in [5.41, 5.74) is 2.23. The molecule has 2 aromatic carbocycles. The van der Waals surface area contributed by atoms with Crippen LogP contribution in [0.3, 0.4) is 0 Å². The Morgan fingerprint density at radius 2 is 1.34 bits per heavy atom. The van der Waals surface area contributed by atoms with E-state index in [0.29, 0.717) is 59.7 Å². The Bertz CT molecular complexity index is 1440. The number of ether oxygens (including phenoxy) is 2. The molecule has 2 aromatic rings. The molecule has 1 heterocycles. The minimum Gasteiger partial charge on any atom is -0.489 e. The molecule has 0 radical (unpaired) electrons. The van der Waals surface area contributed by atoms with Crippen molar-refractivity contribution in [3.63, 3.8) is 0 Å². The predicted octanol–water partition coefficient (Wildman–Crippen LogP) is 6.07. The number of Topliss-reactive ketones (excluding diaryl/α,β-unsaturated/α-hetero) is 2. The summed E-state index contributed by atoms with van der Waals surface area (Å²) >= 11 is 0. The van der Waals surface area contributed by atoms with Crippen molar-refractivity contribution in [2.24, 2.45) is 10.8 Å². The molecule has 0 bridgehead atoms. The number of hydrogen-bond acceptors (Lipinski definition) is 6.